The third-order valence-corrected chi connectivity index (χ3v) is 4.92. The topological polar surface area (TPSA) is 35.9 Å². The lowest BCUT2D eigenvalue weighted by Gasteiger charge is -2.36. The normalized spacial score (nSPS) is 17.0. The number of aliphatic hydroxyl groups excluding tert-OH is 1. The van der Waals surface area contributed by atoms with Crippen LogP contribution in [-0.4, -0.2) is 62.0 Å². The Morgan fingerprint density at radius 3 is 2.36 bits per heavy atom. The SMILES string of the molecule is CCCCCCCCOCC(O)CN1CCN(c2ccccc2)CC1. The van der Waals surface area contributed by atoms with E-state index >= 15 is 0 Å². The summed E-state index contributed by atoms with van der Waals surface area (Å²) in [6.45, 7) is 8.27. The van der Waals surface area contributed by atoms with Crippen molar-refractivity contribution in [2.45, 2.75) is 51.6 Å². The van der Waals surface area contributed by atoms with Crippen molar-refractivity contribution in [3.63, 3.8) is 0 Å². The molecule has 1 N–H and O–H groups in total. The molecule has 25 heavy (non-hydrogen) atoms. The monoisotopic (exact) mass is 348 g/mol. The molecule has 0 bridgehead atoms. The van der Waals surface area contributed by atoms with Crippen molar-refractivity contribution in [1.82, 2.24) is 4.90 Å². The molecule has 1 atom stereocenters. The van der Waals surface area contributed by atoms with Gasteiger partial charge in [0.05, 0.1) is 12.7 Å². The van der Waals surface area contributed by atoms with E-state index < -0.39 is 0 Å². The first-order chi connectivity index (χ1) is 12.3. The van der Waals surface area contributed by atoms with Crippen molar-refractivity contribution in [2.75, 3.05) is 50.8 Å². The van der Waals surface area contributed by atoms with E-state index in [1.54, 1.807) is 0 Å². The van der Waals surface area contributed by atoms with Crippen LogP contribution in [0.5, 0.6) is 0 Å². The fourth-order valence-corrected chi connectivity index (χ4v) is 3.38. The number of nitrogens with zero attached hydrogens (tertiary/aromatic N) is 2. The van der Waals surface area contributed by atoms with Crippen LogP contribution in [0.2, 0.25) is 0 Å². The van der Waals surface area contributed by atoms with Crippen LogP contribution >= 0.6 is 0 Å². The van der Waals surface area contributed by atoms with Crippen molar-refractivity contribution < 1.29 is 9.84 Å². The Balaban J connectivity index is 1.50. The lowest BCUT2D eigenvalue weighted by molar-refractivity contribution is 0.0146. The van der Waals surface area contributed by atoms with Crippen LogP contribution in [0.25, 0.3) is 0 Å². The highest BCUT2D eigenvalue weighted by Gasteiger charge is 2.19. The van der Waals surface area contributed by atoms with Gasteiger partial charge in [-0.15, -0.1) is 0 Å². The van der Waals surface area contributed by atoms with Crippen LogP contribution in [0, 0.1) is 0 Å². The summed E-state index contributed by atoms with van der Waals surface area (Å²) in [5.74, 6) is 0. The Labute approximate surface area is 153 Å². The summed E-state index contributed by atoms with van der Waals surface area (Å²) in [4.78, 5) is 4.76. The first-order valence-electron chi connectivity index (χ1n) is 10.1. The minimum absolute atomic E-state index is 0.372. The summed E-state index contributed by atoms with van der Waals surface area (Å²) >= 11 is 0. The van der Waals surface area contributed by atoms with Crippen LogP contribution in [0.15, 0.2) is 30.3 Å². The average Bonchev–Trinajstić information content (AvgIpc) is 2.65. The van der Waals surface area contributed by atoms with E-state index in [0.717, 1.165) is 45.8 Å². The molecule has 0 amide bonds. The largest absolute Gasteiger partial charge is 0.389 e. The van der Waals surface area contributed by atoms with Crippen LogP contribution in [0.4, 0.5) is 5.69 Å². The number of hydrogen-bond donors (Lipinski definition) is 1. The zero-order valence-corrected chi connectivity index (χ0v) is 15.9. The molecule has 1 saturated heterocycles. The number of β-amino-alcohol motifs (C(OH)–C–C–N with tert-alkyl or cyclic N) is 1. The Kier molecular flexibility index (Phi) is 9.93. The summed E-state index contributed by atoms with van der Waals surface area (Å²) in [5, 5.41) is 10.2. The lowest BCUT2D eigenvalue weighted by Crippen LogP contribution is -2.49. The maximum Gasteiger partial charge on any atom is 0.0900 e. The lowest BCUT2D eigenvalue weighted by atomic mass is 10.1. The molecule has 1 aromatic carbocycles. The second-order valence-corrected chi connectivity index (χ2v) is 7.12. The maximum atomic E-state index is 10.2. The highest BCUT2D eigenvalue weighted by atomic mass is 16.5. The molecule has 1 fully saturated rings. The molecule has 1 heterocycles. The van der Waals surface area contributed by atoms with Crippen LogP contribution in [-0.2, 0) is 4.74 Å². The molecule has 142 valence electrons. The number of anilines is 1. The summed E-state index contributed by atoms with van der Waals surface area (Å²) in [6.07, 6.45) is 7.28. The molecule has 4 nitrogen and oxygen atoms in total. The van der Waals surface area contributed by atoms with E-state index in [4.69, 9.17) is 4.74 Å². The van der Waals surface area contributed by atoms with Crippen molar-refractivity contribution in [2.24, 2.45) is 0 Å². The smallest absolute Gasteiger partial charge is 0.0900 e. The molecule has 1 unspecified atom stereocenters. The van der Waals surface area contributed by atoms with Gasteiger partial charge in [-0.1, -0.05) is 57.2 Å². The molecule has 0 spiro atoms. The quantitative estimate of drug-likeness (QED) is 0.586. The van der Waals surface area contributed by atoms with Gasteiger partial charge in [-0.2, -0.15) is 0 Å². The van der Waals surface area contributed by atoms with Crippen molar-refractivity contribution >= 4 is 5.69 Å². The number of benzene rings is 1. The molecule has 0 radical (unpaired) electrons. The Morgan fingerprint density at radius 2 is 1.64 bits per heavy atom. The van der Waals surface area contributed by atoms with Gasteiger partial charge in [-0.05, 0) is 18.6 Å². The fraction of sp³-hybridized carbons (Fsp3) is 0.714. The number of aliphatic hydroxyl groups is 1. The zero-order chi connectivity index (χ0) is 17.7. The van der Waals surface area contributed by atoms with Gasteiger partial charge in [0.15, 0.2) is 0 Å². The predicted molar refractivity (Wildman–Crippen MR) is 105 cm³/mol. The summed E-state index contributed by atoms with van der Waals surface area (Å²) in [7, 11) is 0. The van der Waals surface area contributed by atoms with E-state index in [9.17, 15) is 5.11 Å². The van der Waals surface area contributed by atoms with Crippen LogP contribution in [0.1, 0.15) is 45.4 Å². The highest BCUT2D eigenvalue weighted by Crippen LogP contribution is 2.15. The van der Waals surface area contributed by atoms with E-state index in [2.05, 4.69) is 47.1 Å². The van der Waals surface area contributed by atoms with Gasteiger partial charge in [-0.25, -0.2) is 0 Å². The fourth-order valence-electron chi connectivity index (χ4n) is 3.38. The first-order valence-corrected chi connectivity index (χ1v) is 10.1. The van der Waals surface area contributed by atoms with Gasteiger partial charge in [0.1, 0.15) is 0 Å². The maximum absolute atomic E-state index is 10.2. The molecule has 4 heteroatoms. The zero-order valence-electron chi connectivity index (χ0n) is 15.9. The van der Waals surface area contributed by atoms with E-state index in [1.807, 2.05) is 0 Å². The number of para-hydroxylation sites is 1. The van der Waals surface area contributed by atoms with E-state index in [0.29, 0.717) is 6.61 Å². The van der Waals surface area contributed by atoms with Gasteiger partial charge in [-0.3, -0.25) is 4.90 Å². The first kappa shape index (κ1) is 20.2. The second-order valence-electron chi connectivity index (χ2n) is 7.12. The Bertz CT molecular complexity index is 433. The number of unbranched alkanes of at least 4 members (excludes halogenated alkanes) is 5. The summed E-state index contributed by atoms with van der Waals surface area (Å²) in [6, 6.07) is 10.6. The predicted octanol–water partition coefficient (Wildman–Crippen LogP) is 3.55. The minimum atomic E-state index is -0.372. The van der Waals surface area contributed by atoms with Crippen molar-refractivity contribution in [3.8, 4) is 0 Å². The standard InChI is InChI=1S/C21H36N2O2/c1-2-3-4-5-6-10-17-25-19-21(24)18-22-13-15-23(16-14-22)20-11-8-7-9-12-20/h7-9,11-12,21,24H,2-6,10,13-19H2,1H3. The third kappa shape index (κ3) is 8.21. The average molecular weight is 349 g/mol. The number of hydrogen-bond acceptors (Lipinski definition) is 4. The Hall–Kier alpha value is -1.10. The van der Waals surface area contributed by atoms with Gasteiger partial charge in [0, 0.05) is 45.0 Å². The molecule has 0 aliphatic carbocycles. The molecule has 1 aliphatic rings. The molecule has 2 rings (SSSR count). The Morgan fingerprint density at radius 1 is 0.960 bits per heavy atom. The number of rotatable bonds is 12. The van der Waals surface area contributed by atoms with Crippen LogP contribution in [0.3, 0.4) is 0 Å². The van der Waals surface area contributed by atoms with E-state index in [-0.39, 0.29) is 6.10 Å². The second kappa shape index (κ2) is 12.3. The van der Waals surface area contributed by atoms with Crippen molar-refractivity contribution in [3.05, 3.63) is 30.3 Å². The highest BCUT2D eigenvalue weighted by molar-refractivity contribution is 5.46. The summed E-state index contributed by atoms with van der Waals surface area (Å²) < 4.78 is 5.65. The molecule has 1 aliphatic heterocycles. The molecular weight excluding hydrogens is 312 g/mol. The van der Waals surface area contributed by atoms with Crippen molar-refractivity contribution in [1.29, 1.82) is 0 Å². The van der Waals surface area contributed by atoms with E-state index in [1.165, 1.54) is 37.8 Å². The molecule has 1 aromatic rings. The van der Waals surface area contributed by atoms with Gasteiger partial charge in [0.2, 0.25) is 0 Å². The molecular formula is C21H36N2O2. The van der Waals surface area contributed by atoms with Gasteiger partial charge < -0.3 is 14.7 Å². The number of piperazine rings is 1. The van der Waals surface area contributed by atoms with Gasteiger partial charge >= 0.3 is 0 Å². The minimum Gasteiger partial charge on any atom is -0.389 e. The van der Waals surface area contributed by atoms with Crippen LogP contribution < -0.4 is 4.90 Å². The third-order valence-electron chi connectivity index (χ3n) is 4.92. The summed E-state index contributed by atoms with van der Waals surface area (Å²) in [5.41, 5.74) is 1.30. The number of ether oxygens (including phenoxy) is 1. The van der Waals surface area contributed by atoms with Gasteiger partial charge in [0.25, 0.3) is 0 Å². The molecule has 0 saturated carbocycles. The molecule has 0 aromatic heterocycles.